The van der Waals surface area contributed by atoms with Crippen LogP contribution in [-0.4, -0.2) is 27.9 Å². The lowest BCUT2D eigenvalue weighted by molar-refractivity contribution is 0.0938. The van der Waals surface area contributed by atoms with E-state index in [-0.39, 0.29) is 16.5 Å². The number of para-hydroxylation sites is 1. The van der Waals surface area contributed by atoms with Gasteiger partial charge in [0.25, 0.3) is 11.5 Å². The highest BCUT2D eigenvalue weighted by Crippen LogP contribution is 2.15. The van der Waals surface area contributed by atoms with E-state index >= 15 is 0 Å². The number of phenolic OH excluding ortho intramolecular Hbond substituents is 1. The number of nitrogens with one attached hydrogen (secondary N) is 1. The van der Waals surface area contributed by atoms with Gasteiger partial charge in [0.05, 0.1) is 23.2 Å². The van der Waals surface area contributed by atoms with Crippen molar-refractivity contribution in [2.45, 2.75) is 0 Å². The number of aromatic hydroxyl groups is 1. The number of carbonyl (C=O) groups is 1. The molecule has 0 aliphatic rings. The fourth-order valence-corrected chi connectivity index (χ4v) is 2.43. The van der Waals surface area contributed by atoms with Gasteiger partial charge in [-0.25, -0.2) is 0 Å². The number of ether oxygens (including phenoxy) is 1. The third-order valence-electron chi connectivity index (χ3n) is 3.77. The van der Waals surface area contributed by atoms with Crippen molar-refractivity contribution in [3.63, 3.8) is 0 Å². The van der Waals surface area contributed by atoms with Crippen LogP contribution in [0.3, 0.4) is 0 Å². The molecule has 0 radical (unpaired) electrons. The van der Waals surface area contributed by atoms with Crippen LogP contribution in [0.4, 0.5) is 0 Å². The molecule has 126 valence electrons. The molecule has 0 spiro atoms. The molecule has 3 rings (SSSR count). The summed E-state index contributed by atoms with van der Waals surface area (Å²) in [7, 11) is 1.57. The number of hydrogen-bond donors (Lipinski definition) is 2. The van der Waals surface area contributed by atoms with Crippen LogP contribution in [0.1, 0.15) is 15.9 Å². The van der Waals surface area contributed by atoms with Gasteiger partial charge in [0, 0.05) is 0 Å². The van der Waals surface area contributed by atoms with E-state index in [4.69, 9.17) is 4.74 Å². The molecule has 1 aromatic heterocycles. The van der Waals surface area contributed by atoms with Crippen LogP contribution in [0.5, 0.6) is 11.5 Å². The number of carbonyl (C=O) groups excluding carboxylic acids is 1. The summed E-state index contributed by atoms with van der Waals surface area (Å²) in [6.45, 7) is 3.78. The second-order valence-corrected chi connectivity index (χ2v) is 5.38. The van der Waals surface area contributed by atoms with Crippen molar-refractivity contribution >= 4 is 18.6 Å². The van der Waals surface area contributed by atoms with Gasteiger partial charge >= 0.3 is 0 Å². The summed E-state index contributed by atoms with van der Waals surface area (Å²) in [6, 6.07) is 13.2. The normalized spacial score (nSPS) is 11.5. The zero-order chi connectivity index (χ0) is 18.0. The van der Waals surface area contributed by atoms with Crippen molar-refractivity contribution in [1.82, 2.24) is 9.78 Å². The topological polar surface area (TPSA) is 84.3 Å². The number of methoxy groups -OCH3 is 1. The lowest BCUT2D eigenvalue weighted by Gasteiger charge is -2.02. The Kier molecular flexibility index (Phi) is 4.26. The first-order chi connectivity index (χ1) is 12.0. The van der Waals surface area contributed by atoms with Crippen LogP contribution >= 0.6 is 0 Å². The average molecular weight is 336 g/mol. The van der Waals surface area contributed by atoms with E-state index in [0.717, 1.165) is 10.2 Å². The van der Waals surface area contributed by atoms with Gasteiger partial charge < -0.3 is 9.84 Å². The summed E-state index contributed by atoms with van der Waals surface area (Å²) >= 11 is 0. The highest BCUT2D eigenvalue weighted by molar-refractivity contribution is 5.97. The average Bonchev–Trinajstić information content (AvgIpc) is 2.90. The standard InChI is InChI=1S/C19H16N2O4/c1-12-16(11-13-7-9-14(25-2)10-8-13)19(24)21(20-12)18(23)15-5-3-4-6-17(15)22/h3-11,20,22H,1H2,2H3/b16-11+. The highest BCUT2D eigenvalue weighted by atomic mass is 16.5. The number of benzene rings is 2. The Balaban J connectivity index is 2.08. The van der Waals surface area contributed by atoms with Crippen molar-refractivity contribution < 1.29 is 14.6 Å². The molecule has 2 aromatic carbocycles. The molecule has 0 saturated carbocycles. The Morgan fingerprint density at radius 3 is 2.52 bits per heavy atom. The second-order valence-electron chi connectivity index (χ2n) is 5.38. The van der Waals surface area contributed by atoms with E-state index < -0.39 is 11.5 Å². The zero-order valence-corrected chi connectivity index (χ0v) is 13.5. The molecule has 6 heteroatoms. The molecule has 0 saturated heterocycles. The van der Waals surface area contributed by atoms with E-state index in [1.807, 2.05) is 0 Å². The summed E-state index contributed by atoms with van der Waals surface area (Å²) in [4.78, 5) is 25.1. The Bertz CT molecular complexity index is 1090. The molecular formula is C19H16N2O4. The van der Waals surface area contributed by atoms with E-state index in [1.54, 1.807) is 49.6 Å². The van der Waals surface area contributed by atoms with E-state index in [1.165, 1.54) is 12.1 Å². The molecule has 0 unspecified atom stereocenters. The Hall–Kier alpha value is -3.54. The van der Waals surface area contributed by atoms with Crippen molar-refractivity contribution in [3.8, 4) is 11.5 Å². The van der Waals surface area contributed by atoms with Gasteiger partial charge in [0.15, 0.2) is 0 Å². The fraction of sp³-hybridized carbons (Fsp3) is 0.0526. The Morgan fingerprint density at radius 2 is 1.88 bits per heavy atom. The predicted molar refractivity (Wildman–Crippen MR) is 94.2 cm³/mol. The monoisotopic (exact) mass is 336 g/mol. The quantitative estimate of drug-likeness (QED) is 0.742. The first kappa shape index (κ1) is 16.3. The van der Waals surface area contributed by atoms with E-state index in [9.17, 15) is 14.7 Å². The number of hydrogen-bond acceptors (Lipinski definition) is 4. The van der Waals surface area contributed by atoms with Crippen LogP contribution < -0.4 is 20.9 Å². The molecular weight excluding hydrogens is 320 g/mol. The van der Waals surface area contributed by atoms with E-state index in [0.29, 0.717) is 11.1 Å². The largest absolute Gasteiger partial charge is 0.507 e. The minimum atomic E-state index is -0.651. The number of aromatic nitrogens is 2. The SMILES string of the molecule is C=c1[nH]n(C(=O)c2ccccc2O)c(=O)/c1=C/c1ccc(OC)cc1. The van der Waals surface area contributed by atoms with Gasteiger partial charge in [0.1, 0.15) is 11.5 Å². The van der Waals surface area contributed by atoms with Crippen LogP contribution in [0.2, 0.25) is 0 Å². The summed E-state index contributed by atoms with van der Waals surface area (Å²) in [6.07, 6.45) is 1.63. The smallest absolute Gasteiger partial charge is 0.283 e. The van der Waals surface area contributed by atoms with Crippen LogP contribution in [0.15, 0.2) is 53.3 Å². The van der Waals surface area contributed by atoms with Crippen molar-refractivity contribution in [1.29, 1.82) is 0 Å². The molecule has 1 heterocycles. The lowest BCUT2D eigenvalue weighted by atomic mass is 10.2. The van der Waals surface area contributed by atoms with Gasteiger partial charge in [-0.1, -0.05) is 30.8 Å². The summed E-state index contributed by atoms with van der Waals surface area (Å²) in [5.41, 5.74) is 0.264. The van der Waals surface area contributed by atoms with Crippen LogP contribution in [-0.2, 0) is 0 Å². The lowest BCUT2D eigenvalue weighted by Crippen LogP contribution is -2.36. The van der Waals surface area contributed by atoms with Gasteiger partial charge in [-0.15, -0.1) is 0 Å². The van der Waals surface area contributed by atoms with Gasteiger partial charge in [-0.2, -0.15) is 4.68 Å². The molecule has 0 aliphatic heterocycles. The summed E-state index contributed by atoms with van der Waals surface area (Å²) in [5.74, 6) is -0.143. The van der Waals surface area contributed by atoms with Crippen LogP contribution in [0, 0.1) is 0 Å². The first-order valence-corrected chi connectivity index (χ1v) is 7.49. The maximum Gasteiger partial charge on any atom is 0.283 e. The molecule has 0 atom stereocenters. The molecule has 25 heavy (non-hydrogen) atoms. The zero-order valence-electron chi connectivity index (χ0n) is 13.5. The maximum atomic E-state index is 12.6. The molecule has 0 bridgehead atoms. The number of H-pyrrole nitrogens is 1. The molecule has 2 N–H and O–H groups in total. The highest BCUT2D eigenvalue weighted by Gasteiger charge is 2.16. The minimum absolute atomic E-state index is 0.0295. The Morgan fingerprint density at radius 1 is 1.20 bits per heavy atom. The van der Waals surface area contributed by atoms with Gasteiger partial charge in [0.2, 0.25) is 0 Å². The third kappa shape index (κ3) is 3.10. The minimum Gasteiger partial charge on any atom is -0.507 e. The molecule has 0 fully saturated rings. The third-order valence-corrected chi connectivity index (χ3v) is 3.77. The maximum absolute atomic E-state index is 12.6. The van der Waals surface area contributed by atoms with Crippen molar-refractivity contribution in [2.75, 3.05) is 7.11 Å². The predicted octanol–water partition coefficient (Wildman–Crippen LogP) is 0.818. The molecule has 3 aromatic rings. The number of aromatic amines is 1. The first-order valence-electron chi connectivity index (χ1n) is 7.49. The number of nitrogens with zero attached hydrogens (tertiary/aromatic N) is 1. The summed E-state index contributed by atoms with van der Waals surface area (Å²) < 4.78 is 5.94. The molecule has 6 nitrogen and oxygen atoms in total. The van der Waals surface area contributed by atoms with Gasteiger partial charge in [-0.3, -0.25) is 14.7 Å². The molecule has 0 aliphatic carbocycles. The summed E-state index contributed by atoms with van der Waals surface area (Å²) in [5, 5.41) is 13.0. The van der Waals surface area contributed by atoms with Crippen molar-refractivity contribution in [2.24, 2.45) is 0 Å². The molecule has 0 amide bonds. The number of phenols is 1. The van der Waals surface area contributed by atoms with Gasteiger partial charge in [-0.05, 0) is 35.9 Å². The van der Waals surface area contributed by atoms with E-state index in [2.05, 4.69) is 11.7 Å². The number of rotatable bonds is 3. The van der Waals surface area contributed by atoms with Crippen LogP contribution in [0.25, 0.3) is 12.7 Å². The van der Waals surface area contributed by atoms with Crippen molar-refractivity contribution in [3.05, 3.63) is 80.6 Å². The Labute approximate surface area is 142 Å². The fourth-order valence-electron chi connectivity index (χ4n) is 2.43. The second kappa shape index (κ2) is 6.52.